The monoisotopic (exact) mass is 385 g/mol. The Bertz CT molecular complexity index is 851. The van der Waals surface area contributed by atoms with E-state index in [-0.39, 0.29) is 11.7 Å². The number of pyridine rings is 1. The van der Waals surface area contributed by atoms with Crippen LogP contribution in [0.25, 0.3) is 0 Å². The summed E-state index contributed by atoms with van der Waals surface area (Å²) in [6, 6.07) is 16.6. The molecule has 0 saturated heterocycles. The van der Waals surface area contributed by atoms with Crippen molar-refractivity contribution in [2.45, 2.75) is 0 Å². The second-order valence-corrected chi connectivity index (χ2v) is 5.94. The molecule has 0 aliphatic carbocycles. The van der Waals surface area contributed by atoms with Crippen LogP contribution in [0.4, 0.5) is 21.6 Å². The van der Waals surface area contributed by atoms with E-state index in [9.17, 15) is 9.18 Å². The highest BCUT2D eigenvalue weighted by atomic mass is 79.9. The quantitative estimate of drug-likeness (QED) is 0.665. The number of carbonyl (C=O) groups is 1. The highest BCUT2D eigenvalue weighted by molar-refractivity contribution is 9.10. The van der Waals surface area contributed by atoms with Gasteiger partial charge in [0, 0.05) is 15.7 Å². The van der Waals surface area contributed by atoms with Crippen LogP contribution >= 0.6 is 15.9 Å². The highest BCUT2D eigenvalue weighted by Crippen LogP contribution is 2.18. The lowest BCUT2D eigenvalue weighted by atomic mass is 10.2. The first kappa shape index (κ1) is 16.1. The molecule has 120 valence electrons. The lowest BCUT2D eigenvalue weighted by molar-refractivity contribution is 0.102. The van der Waals surface area contributed by atoms with E-state index in [1.165, 1.54) is 12.1 Å². The first-order valence-corrected chi connectivity index (χ1v) is 7.95. The van der Waals surface area contributed by atoms with Gasteiger partial charge in [-0.1, -0.05) is 22.0 Å². The van der Waals surface area contributed by atoms with Gasteiger partial charge in [-0.05, 0) is 54.6 Å². The summed E-state index contributed by atoms with van der Waals surface area (Å²) in [5, 5.41) is 5.77. The SMILES string of the molecule is O=C(Nc1ccc(Nc2cccc(F)c2)nc1)c1ccc(Br)cc1. The number of aromatic nitrogens is 1. The Morgan fingerprint density at radius 1 is 1.00 bits per heavy atom. The minimum Gasteiger partial charge on any atom is -0.340 e. The fourth-order valence-corrected chi connectivity index (χ4v) is 2.32. The molecular weight excluding hydrogens is 373 g/mol. The van der Waals surface area contributed by atoms with Crippen molar-refractivity contribution in [2.75, 3.05) is 10.6 Å². The average Bonchev–Trinajstić information content (AvgIpc) is 2.57. The number of hydrogen-bond acceptors (Lipinski definition) is 3. The van der Waals surface area contributed by atoms with Crippen LogP contribution in [0, 0.1) is 5.82 Å². The predicted octanol–water partition coefficient (Wildman–Crippen LogP) is 4.98. The van der Waals surface area contributed by atoms with E-state index in [2.05, 4.69) is 31.5 Å². The van der Waals surface area contributed by atoms with E-state index in [4.69, 9.17) is 0 Å². The predicted molar refractivity (Wildman–Crippen MR) is 96.0 cm³/mol. The van der Waals surface area contributed by atoms with E-state index >= 15 is 0 Å². The second-order valence-electron chi connectivity index (χ2n) is 5.03. The summed E-state index contributed by atoms with van der Waals surface area (Å²) >= 11 is 3.33. The standard InChI is InChI=1S/C18H13BrFN3O/c19-13-6-4-12(5-7-13)18(24)23-16-8-9-17(21-11-16)22-15-3-1-2-14(20)10-15/h1-11H,(H,21,22)(H,23,24). The van der Waals surface area contributed by atoms with Crippen molar-refractivity contribution in [3.63, 3.8) is 0 Å². The summed E-state index contributed by atoms with van der Waals surface area (Å²) in [7, 11) is 0. The molecule has 0 fully saturated rings. The average molecular weight is 386 g/mol. The normalized spacial score (nSPS) is 10.2. The molecule has 0 radical (unpaired) electrons. The molecule has 0 saturated carbocycles. The zero-order valence-electron chi connectivity index (χ0n) is 12.5. The van der Waals surface area contributed by atoms with Crippen molar-refractivity contribution in [3.8, 4) is 0 Å². The van der Waals surface area contributed by atoms with E-state index < -0.39 is 0 Å². The Labute approximate surface area is 146 Å². The van der Waals surface area contributed by atoms with Gasteiger partial charge in [0.15, 0.2) is 0 Å². The van der Waals surface area contributed by atoms with Crippen molar-refractivity contribution in [1.82, 2.24) is 4.98 Å². The van der Waals surface area contributed by atoms with Gasteiger partial charge in [0.2, 0.25) is 0 Å². The summed E-state index contributed by atoms with van der Waals surface area (Å²) in [6.07, 6.45) is 1.54. The van der Waals surface area contributed by atoms with Crippen LogP contribution < -0.4 is 10.6 Å². The molecule has 0 aliphatic heterocycles. The van der Waals surface area contributed by atoms with E-state index in [1.54, 1.807) is 54.7 Å². The minimum absolute atomic E-state index is 0.213. The first-order chi connectivity index (χ1) is 11.6. The van der Waals surface area contributed by atoms with Crippen molar-refractivity contribution in [2.24, 2.45) is 0 Å². The summed E-state index contributed by atoms with van der Waals surface area (Å²) in [5.41, 5.74) is 1.74. The first-order valence-electron chi connectivity index (χ1n) is 7.16. The highest BCUT2D eigenvalue weighted by Gasteiger charge is 2.06. The minimum atomic E-state index is -0.321. The summed E-state index contributed by atoms with van der Waals surface area (Å²) < 4.78 is 14.1. The largest absolute Gasteiger partial charge is 0.340 e. The summed E-state index contributed by atoms with van der Waals surface area (Å²) in [4.78, 5) is 16.3. The summed E-state index contributed by atoms with van der Waals surface area (Å²) in [6.45, 7) is 0. The third kappa shape index (κ3) is 4.17. The number of carbonyl (C=O) groups excluding carboxylic acids is 1. The van der Waals surface area contributed by atoms with Gasteiger partial charge >= 0.3 is 0 Å². The number of amides is 1. The van der Waals surface area contributed by atoms with Crippen LogP contribution in [-0.2, 0) is 0 Å². The number of hydrogen-bond donors (Lipinski definition) is 2. The molecule has 3 rings (SSSR count). The molecule has 1 aromatic heterocycles. The van der Waals surface area contributed by atoms with Gasteiger partial charge in [0.25, 0.3) is 5.91 Å². The van der Waals surface area contributed by atoms with Gasteiger partial charge < -0.3 is 10.6 Å². The Hall–Kier alpha value is -2.73. The number of nitrogens with zero attached hydrogens (tertiary/aromatic N) is 1. The van der Waals surface area contributed by atoms with Gasteiger partial charge in [0.1, 0.15) is 11.6 Å². The van der Waals surface area contributed by atoms with Crippen LogP contribution in [0.1, 0.15) is 10.4 Å². The Morgan fingerprint density at radius 2 is 1.79 bits per heavy atom. The Balaban J connectivity index is 1.66. The topological polar surface area (TPSA) is 54.0 Å². The molecule has 2 aromatic carbocycles. The molecule has 24 heavy (non-hydrogen) atoms. The van der Waals surface area contributed by atoms with Crippen LogP contribution in [0.5, 0.6) is 0 Å². The third-order valence-corrected chi connectivity index (χ3v) is 3.75. The Kier molecular flexibility index (Phi) is 4.86. The molecule has 1 amide bonds. The van der Waals surface area contributed by atoms with E-state index in [0.29, 0.717) is 22.8 Å². The number of halogens is 2. The number of nitrogens with one attached hydrogen (secondary N) is 2. The zero-order chi connectivity index (χ0) is 16.9. The molecule has 3 aromatic rings. The van der Waals surface area contributed by atoms with Gasteiger partial charge in [-0.15, -0.1) is 0 Å². The summed E-state index contributed by atoms with van der Waals surface area (Å²) in [5.74, 6) is 0.0239. The number of anilines is 3. The molecule has 2 N–H and O–H groups in total. The van der Waals surface area contributed by atoms with Crippen molar-refractivity contribution in [3.05, 3.63) is 82.7 Å². The van der Waals surface area contributed by atoms with Gasteiger partial charge in [-0.2, -0.15) is 0 Å². The van der Waals surface area contributed by atoms with Gasteiger partial charge in [-0.3, -0.25) is 4.79 Å². The maximum absolute atomic E-state index is 13.2. The van der Waals surface area contributed by atoms with Crippen LogP contribution in [0.15, 0.2) is 71.3 Å². The zero-order valence-corrected chi connectivity index (χ0v) is 14.0. The van der Waals surface area contributed by atoms with E-state index in [1.807, 2.05) is 0 Å². The van der Waals surface area contributed by atoms with Crippen LogP contribution in [0.3, 0.4) is 0 Å². The second kappa shape index (κ2) is 7.23. The molecule has 0 unspecified atom stereocenters. The molecule has 4 nitrogen and oxygen atoms in total. The lowest BCUT2D eigenvalue weighted by Crippen LogP contribution is -2.11. The maximum Gasteiger partial charge on any atom is 0.255 e. The molecule has 0 atom stereocenters. The molecule has 6 heteroatoms. The molecular formula is C18H13BrFN3O. The molecule has 0 spiro atoms. The number of benzene rings is 2. The maximum atomic E-state index is 13.2. The third-order valence-electron chi connectivity index (χ3n) is 3.22. The van der Waals surface area contributed by atoms with Crippen molar-refractivity contribution in [1.29, 1.82) is 0 Å². The smallest absolute Gasteiger partial charge is 0.255 e. The molecule has 1 heterocycles. The molecule has 0 aliphatic rings. The molecule has 0 bridgehead atoms. The van der Waals surface area contributed by atoms with Gasteiger partial charge in [0.05, 0.1) is 11.9 Å². The Morgan fingerprint density at radius 3 is 2.46 bits per heavy atom. The van der Waals surface area contributed by atoms with Crippen LogP contribution in [-0.4, -0.2) is 10.9 Å². The van der Waals surface area contributed by atoms with E-state index in [0.717, 1.165) is 4.47 Å². The lowest BCUT2D eigenvalue weighted by Gasteiger charge is -2.08. The van der Waals surface area contributed by atoms with Crippen molar-refractivity contribution >= 4 is 39.0 Å². The fourth-order valence-electron chi connectivity index (χ4n) is 2.06. The van der Waals surface area contributed by atoms with Gasteiger partial charge in [-0.25, -0.2) is 9.37 Å². The van der Waals surface area contributed by atoms with Crippen LogP contribution in [0.2, 0.25) is 0 Å². The van der Waals surface area contributed by atoms with Crippen molar-refractivity contribution < 1.29 is 9.18 Å². The fraction of sp³-hybridized carbons (Fsp3) is 0. The number of rotatable bonds is 4.